The van der Waals surface area contributed by atoms with E-state index in [2.05, 4.69) is 15.3 Å². The maximum absolute atomic E-state index is 14.4. The van der Waals surface area contributed by atoms with Gasteiger partial charge >= 0.3 is 6.09 Å². The lowest BCUT2D eigenvalue weighted by molar-refractivity contribution is 0.168. The second-order valence-corrected chi connectivity index (χ2v) is 15.7. The monoisotopic (exact) mass is 766 g/mol. The molecule has 1 aromatic heterocycles. The molecular weight excluding hydrogens is 721 g/mol. The minimum Gasteiger partial charge on any atom is -0.453 e. The van der Waals surface area contributed by atoms with Gasteiger partial charge in [-0.3, -0.25) is 4.99 Å². The van der Waals surface area contributed by atoms with Crippen molar-refractivity contribution in [2.24, 2.45) is 15.9 Å². The highest BCUT2D eigenvalue weighted by molar-refractivity contribution is 7.89. The number of aryl methyl sites for hydroxylation is 1. The number of methoxy groups -OCH3 is 1. The van der Waals surface area contributed by atoms with Gasteiger partial charge in [-0.2, -0.15) is 4.31 Å². The summed E-state index contributed by atoms with van der Waals surface area (Å²) in [7, 11) is -1.22. The van der Waals surface area contributed by atoms with Crippen molar-refractivity contribution in [1.29, 1.82) is 5.41 Å². The topological polar surface area (TPSA) is 157 Å². The number of alkyl carbamates (subject to hydrolysis) is 1. The Balaban J connectivity index is 1.50. The number of carbonyl (C=O) groups is 1. The highest BCUT2D eigenvalue weighted by Crippen LogP contribution is 2.32. The number of nitrogens with one attached hydrogen (secondary N) is 2. The fourth-order valence-electron chi connectivity index (χ4n) is 6.50. The summed E-state index contributed by atoms with van der Waals surface area (Å²) in [6, 6.07) is 30.8. The summed E-state index contributed by atoms with van der Waals surface area (Å²) in [5.41, 5.74) is 6.72. The number of aliphatic imine (C=N–C) groups is 2. The number of aromatic nitrogens is 1. The molecule has 0 radical (unpaired) electrons. The van der Waals surface area contributed by atoms with Gasteiger partial charge in [0.15, 0.2) is 0 Å². The van der Waals surface area contributed by atoms with Crippen molar-refractivity contribution in [3.05, 3.63) is 125 Å². The predicted octanol–water partition coefficient (Wildman–Crippen LogP) is 7.29. The maximum Gasteiger partial charge on any atom is 0.407 e. The molecule has 0 aliphatic carbocycles. The average molecular weight is 767 g/mol. The summed E-state index contributed by atoms with van der Waals surface area (Å²) in [6.45, 7) is 2.98. The Morgan fingerprint density at radius 1 is 1.00 bits per heavy atom. The van der Waals surface area contributed by atoms with Crippen LogP contribution in [0.5, 0.6) is 0 Å². The molecule has 5 aromatic rings. The first-order valence-corrected chi connectivity index (χ1v) is 19.9. The van der Waals surface area contributed by atoms with E-state index in [1.165, 1.54) is 28.8 Å². The molecule has 0 saturated heterocycles. The SMILES string of the molecule is CN=CC(CN(C(CO)CCc1ccccc1N=C(C)C(NC(=O)OC)C(c1ccccc1)c1ccccc1)S(=O)(=O)c1ccc2ncsc2c1)C(C)=N. The van der Waals surface area contributed by atoms with Crippen molar-refractivity contribution >= 4 is 61.0 Å². The van der Waals surface area contributed by atoms with Gasteiger partial charge in [-0.25, -0.2) is 18.2 Å². The van der Waals surface area contributed by atoms with Crippen molar-refractivity contribution in [3.8, 4) is 0 Å². The molecule has 0 saturated carbocycles. The molecule has 5 rings (SSSR count). The van der Waals surface area contributed by atoms with Crippen LogP contribution in [0, 0.1) is 11.3 Å². The number of ether oxygens (including phenoxy) is 1. The largest absolute Gasteiger partial charge is 0.453 e. The number of aliphatic hydroxyl groups excluding tert-OH is 1. The quantitative estimate of drug-likeness (QED) is 0.0845. The van der Waals surface area contributed by atoms with E-state index in [4.69, 9.17) is 15.1 Å². The molecule has 1 amide bonds. The van der Waals surface area contributed by atoms with Crippen LogP contribution in [0.25, 0.3) is 10.2 Å². The highest BCUT2D eigenvalue weighted by atomic mass is 32.2. The third-order valence-electron chi connectivity index (χ3n) is 9.38. The summed E-state index contributed by atoms with van der Waals surface area (Å²) in [5.74, 6) is -0.882. The van der Waals surface area contributed by atoms with E-state index in [0.717, 1.165) is 21.4 Å². The van der Waals surface area contributed by atoms with E-state index < -0.39 is 40.7 Å². The number of para-hydroxylation sites is 1. The molecule has 54 heavy (non-hydrogen) atoms. The maximum atomic E-state index is 14.4. The molecule has 0 spiro atoms. The van der Waals surface area contributed by atoms with Gasteiger partial charge in [0, 0.05) is 49.1 Å². The zero-order chi connectivity index (χ0) is 38.7. The van der Waals surface area contributed by atoms with Crippen LogP contribution in [-0.4, -0.2) is 85.9 Å². The lowest BCUT2D eigenvalue weighted by Crippen LogP contribution is -2.46. The fourth-order valence-corrected chi connectivity index (χ4v) is 8.99. The second-order valence-electron chi connectivity index (χ2n) is 12.9. The van der Waals surface area contributed by atoms with Crippen LogP contribution in [0.15, 0.2) is 124 Å². The number of hydrogen-bond donors (Lipinski definition) is 3. The molecule has 13 heteroatoms. The van der Waals surface area contributed by atoms with Crippen LogP contribution in [0.1, 0.15) is 42.9 Å². The standard InChI is InChI=1S/C41H46N6O5S2/c1-28(42)33(24-43-3)25-47(54(50,51)35-21-22-37-38(23-35)53-27-44-37)34(26-48)20-19-30-13-11-12-18-36(30)45-29(2)40(46-41(49)52-4)39(31-14-7-5-8-15-31)32-16-9-6-10-17-32/h5-18,21-24,27,33-34,39-40,42,48H,19-20,25-26H2,1-4H3,(H,46,49). The summed E-state index contributed by atoms with van der Waals surface area (Å²) in [6.07, 6.45) is 1.62. The molecule has 282 valence electrons. The van der Waals surface area contributed by atoms with Gasteiger partial charge in [-0.05, 0) is 67.6 Å². The lowest BCUT2D eigenvalue weighted by Gasteiger charge is -2.32. The number of amides is 1. The Morgan fingerprint density at radius 2 is 1.65 bits per heavy atom. The van der Waals surface area contributed by atoms with E-state index in [-0.39, 0.29) is 29.5 Å². The third kappa shape index (κ3) is 9.71. The molecule has 1 heterocycles. The number of aliphatic hydroxyl groups is 1. The molecule has 4 aromatic carbocycles. The summed E-state index contributed by atoms with van der Waals surface area (Å²) in [5, 5.41) is 22.2. The number of fused-ring (bicyclic) bond motifs is 1. The van der Waals surface area contributed by atoms with Gasteiger partial charge in [0.05, 0.1) is 46.1 Å². The van der Waals surface area contributed by atoms with Gasteiger partial charge in [0.1, 0.15) is 0 Å². The van der Waals surface area contributed by atoms with E-state index in [1.807, 2.05) is 91.9 Å². The minimum absolute atomic E-state index is 0.0683. The summed E-state index contributed by atoms with van der Waals surface area (Å²) in [4.78, 5) is 26.3. The number of carbonyl (C=O) groups excluding carboxylic acids is 1. The van der Waals surface area contributed by atoms with Crippen molar-refractivity contribution < 1.29 is 23.1 Å². The molecule has 11 nitrogen and oxygen atoms in total. The van der Waals surface area contributed by atoms with Crippen LogP contribution in [0.2, 0.25) is 0 Å². The second kappa shape index (κ2) is 18.8. The lowest BCUT2D eigenvalue weighted by atomic mass is 9.83. The number of nitrogens with zero attached hydrogens (tertiary/aromatic N) is 4. The minimum atomic E-state index is -4.14. The number of thiazole rings is 1. The molecule has 3 N–H and O–H groups in total. The van der Waals surface area contributed by atoms with Crippen LogP contribution in [0.3, 0.4) is 0 Å². The highest BCUT2D eigenvalue weighted by Gasteiger charge is 2.34. The smallest absolute Gasteiger partial charge is 0.407 e. The van der Waals surface area contributed by atoms with Gasteiger partial charge in [-0.1, -0.05) is 78.9 Å². The predicted molar refractivity (Wildman–Crippen MR) is 217 cm³/mol. The Morgan fingerprint density at radius 3 is 2.26 bits per heavy atom. The van der Waals surface area contributed by atoms with Gasteiger partial charge in [-0.15, -0.1) is 11.3 Å². The Bertz CT molecular complexity index is 2150. The van der Waals surface area contributed by atoms with E-state index >= 15 is 0 Å². The van der Waals surface area contributed by atoms with Crippen molar-refractivity contribution in [3.63, 3.8) is 0 Å². The van der Waals surface area contributed by atoms with Gasteiger partial charge in [0.25, 0.3) is 0 Å². The number of benzene rings is 4. The first-order chi connectivity index (χ1) is 26.1. The molecule has 0 aliphatic heterocycles. The van der Waals surface area contributed by atoms with Gasteiger partial charge < -0.3 is 25.6 Å². The third-order valence-corrected chi connectivity index (χ3v) is 12.1. The molecule has 0 aliphatic rings. The Kier molecular flexibility index (Phi) is 14.0. The number of sulfonamides is 1. The zero-order valence-corrected chi connectivity index (χ0v) is 32.4. The van der Waals surface area contributed by atoms with E-state index in [1.54, 1.807) is 37.8 Å². The van der Waals surface area contributed by atoms with Gasteiger partial charge in [0.2, 0.25) is 10.0 Å². The van der Waals surface area contributed by atoms with E-state index in [9.17, 15) is 18.3 Å². The first kappa shape index (κ1) is 40.1. The molecular formula is C41H46N6O5S2. The van der Waals surface area contributed by atoms with Crippen molar-refractivity contribution in [2.45, 2.75) is 49.6 Å². The van der Waals surface area contributed by atoms with Crippen LogP contribution < -0.4 is 5.32 Å². The average Bonchev–Trinajstić information content (AvgIpc) is 3.66. The molecule has 0 fully saturated rings. The zero-order valence-electron chi connectivity index (χ0n) is 30.8. The fraction of sp³-hybridized carbons (Fsp3) is 0.293. The number of rotatable bonds is 17. The van der Waals surface area contributed by atoms with Crippen LogP contribution >= 0.6 is 11.3 Å². The molecule has 0 bridgehead atoms. The number of hydrogen-bond acceptors (Lipinski definition) is 10. The summed E-state index contributed by atoms with van der Waals surface area (Å²) < 4.78 is 35.9. The first-order valence-electron chi connectivity index (χ1n) is 17.6. The van der Waals surface area contributed by atoms with Crippen LogP contribution in [0.4, 0.5) is 10.5 Å². The Hall–Kier alpha value is -5.08. The van der Waals surface area contributed by atoms with Crippen molar-refractivity contribution in [1.82, 2.24) is 14.6 Å². The van der Waals surface area contributed by atoms with Crippen molar-refractivity contribution in [2.75, 3.05) is 27.3 Å². The summed E-state index contributed by atoms with van der Waals surface area (Å²) >= 11 is 1.35. The van der Waals surface area contributed by atoms with Crippen LogP contribution in [-0.2, 0) is 21.2 Å². The van der Waals surface area contributed by atoms with E-state index in [0.29, 0.717) is 23.3 Å². The molecule has 3 atom stereocenters. The molecule has 3 unspecified atom stereocenters. The Labute approximate surface area is 321 Å². The normalized spacial score (nSPS) is 14.0.